The normalized spacial score (nSPS) is 16.5. The Labute approximate surface area is 207 Å². The minimum atomic E-state index is -4.79. The molecule has 1 aliphatic heterocycles. The second-order valence-electron chi connectivity index (χ2n) is 8.20. The molecule has 0 aliphatic carbocycles. The van der Waals surface area contributed by atoms with Crippen molar-refractivity contribution in [3.05, 3.63) is 71.1 Å². The van der Waals surface area contributed by atoms with Gasteiger partial charge >= 0.3 is 12.4 Å². The van der Waals surface area contributed by atoms with Crippen molar-refractivity contribution < 1.29 is 35.6 Å². The molecule has 7 nitrogen and oxygen atoms in total. The smallest absolute Gasteiger partial charge is 0.419 e. The number of guanidine groups is 1. The molecule has 196 valence electrons. The molecule has 1 saturated heterocycles. The van der Waals surface area contributed by atoms with E-state index in [0.717, 1.165) is 30.7 Å². The van der Waals surface area contributed by atoms with Crippen LogP contribution in [-0.2, 0) is 12.4 Å². The van der Waals surface area contributed by atoms with Gasteiger partial charge < -0.3 is 19.9 Å². The van der Waals surface area contributed by atoms with E-state index in [-0.39, 0.29) is 28.8 Å². The SMILES string of the molecule is N=C(N)N1CCCC1c1nc(-c2ccc(OC/C=C/c3ccccc3C(F)(F)F)c(C(F)(F)F)c2)no1. The number of nitrogens with two attached hydrogens (primary N) is 1. The number of halogens is 6. The van der Waals surface area contributed by atoms with Crippen molar-refractivity contribution in [1.82, 2.24) is 15.0 Å². The van der Waals surface area contributed by atoms with Crippen LogP contribution in [0.1, 0.15) is 41.5 Å². The maximum atomic E-state index is 13.8. The Kier molecular flexibility index (Phi) is 7.14. The van der Waals surface area contributed by atoms with Crippen LogP contribution in [0.4, 0.5) is 26.3 Å². The van der Waals surface area contributed by atoms with Crippen LogP contribution in [-0.4, -0.2) is 34.2 Å². The van der Waals surface area contributed by atoms with E-state index < -0.39 is 41.9 Å². The van der Waals surface area contributed by atoms with Crippen LogP contribution in [0.25, 0.3) is 17.5 Å². The van der Waals surface area contributed by atoms with Gasteiger partial charge in [0.05, 0.1) is 11.1 Å². The molecule has 2 heterocycles. The van der Waals surface area contributed by atoms with Crippen LogP contribution in [0, 0.1) is 5.41 Å². The van der Waals surface area contributed by atoms with Crippen molar-refractivity contribution in [2.45, 2.75) is 31.2 Å². The topological polar surface area (TPSA) is 101 Å². The van der Waals surface area contributed by atoms with Crippen molar-refractivity contribution in [3.8, 4) is 17.1 Å². The van der Waals surface area contributed by atoms with Crippen molar-refractivity contribution in [3.63, 3.8) is 0 Å². The van der Waals surface area contributed by atoms with Crippen molar-refractivity contribution in [2.75, 3.05) is 13.2 Å². The number of likely N-dealkylation sites (tertiary alicyclic amines) is 1. The third-order valence-electron chi connectivity index (χ3n) is 5.73. The average molecular weight is 525 g/mol. The molecule has 1 atom stereocenters. The van der Waals surface area contributed by atoms with Crippen LogP contribution >= 0.6 is 0 Å². The maximum absolute atomic E-state index is 13.8. The standard InChI is InChI=1S/C24H21F6N5O2/c25-23(26,27)16-7-2-1-5-14(16)6-4-12-36-19-10-9-15(13-17(19)24(28,29)30)20-33-21(37-34-20)18-8-3-11-35(18)22(31)32/h1-2,4-7,9-10,13,18H,3,8,11-12H2,(H3,31,32)/b6-4+. The zero-order chi connectivity index (χ0) is 26.8. The Hall–Kier alpha value is -4.03. The van der Waals surface area contributed by atoms with E-state index in [1.54, 1.807) is 4.90 Å². The second kappa shape index (κ2) is 10.1. The lowest BCUT2D eigenvalue weighted by Crippen LogP contribution is -2.35. The Morgan fingerprint density at radius 3 is 2.54 bits per heavy atom. The summed E-state index contributed by atoms with van der Waals surface area (Å²) < 4.78 is 91.1. The van der Waals surface area contributed by atoms with Gasteiger partial charge in [0.2, 0.25) is 11.7 Å². The molecule has 0 spiro atoms. The largest absolute Gasteiger partial charge is 0.489 e. The number of alkyl halides is 6. The molecule has 1 aromatic heterocycles. The minimum absolute atomic E-state index is 0.0247. The summed E-state index contributed by atoms with van der Waals surface area (Å²) in [7, 11) is 0. The van der Waals surface area contributed by atoms with Gasteiger partial charge in [0, 0.05) is 12.1 Å². The van der Waals surface area contributed by atoms with Crippen LogP contribution < -0.4 is 10.5 Å². The summed E-state index contributed by atoms with van der Waals surface area (Å²) in [6.07, 6.45) is -5.68. The predicted molar refractivity (Wildman–Crippen MR) is 121 cm³/mol. The van der Waals surface area contributed by atoms with Crippen LogP contribution in [0.2, 0.25) is 0 Å². The van der Waals surface area contributed by atoms with Gasteiger partial charge in [-0.1, -0.05) is 29.4 Å². The monoisotopic (exact) mass is 525 g/mol. The third kappa shape index (κ3) is 5.87. The number of hydrogen-bond donors (Lipinski definition) is 2. The molecule has 2 aromatic carbocycles. The molecule has 3 aromatic rings. The van der Waals surface area contributed by atoms with Gasteiger partial charge in [-0.3, -0.25) is 5.41 Å². The maximum Gasteiger partial charge on any atom is 0.419 e. The zero-order valence-corrected chi connectivity index (χ0v) is 19.1. The summed E-state index contributed by atoms with van der Waals surface area (Å²) >= 11 is 0. The molecule has 37 heavy (non-hydrogen) atoms. The molecule has 3 N–H and O–H groups in total. The van der Waals surface area contributed by atoms with Gasteiger partial charge in [0.25, 0.3) is 0 Å². The molecular weight excluding hydrogens is 504 g/mol. The fraction of sp³-hybridized carbons (Fsp3) is 0.292. The first kappa shape index (κ1) is 26.0. The van der Waals surface area contributed by atoms with E-state index in [1.165, 1.54) is 30.3 Å². The highest BCUT2D eigenvalue weighted by molar-refractivity contribution is 5.75. The predicted octanol–water partition coefficient (Wildman–Crippen LogP) is 5.90. The second-order valence-corrected chi connectivity index (χ2v) is 8.20. The van der Waals surface area contributed by atoms with E-state index >= 15 is 0 Å². The van der Waals surface area contributed by atoms with Gasteiger partial charge in [0.1, 0.15) is 18.4 Å². The van der Waals surface area contributed by atoms with Crippen molar-refractivity contribution in [1.29, 1.82) is 5.41 Å². The first-order chi connectivity index (χ1) is 17.4. The average Bonchev–Trinajstić information content (AvgIpc) is 3.51. The first-order valence-electron chi connectivity index (χ1n) is 11.1. The molecule has 0 radical (unpaired) electrons. The van der Waals surface area contributed by atoms with Gasteiger partial charge in [-0.25, -0.2) is 0 Å². The molecule has 1 unspecified atom stereocenters. The molecular formula is C24H21F6N5O2. The Bertz CT molecular complexity index is 1300. The molecule has 13 heteroatoms. The lowest BCUT2D eigenvalue weighted by atomic mass is 10.1. The molecule has 4 rings (SSSR count). The summed E-state index contributed by atoms with van der Waals surface area (Å²) in [5.74, 6) is -0.613. The molecule has 1 fully saturated rings. The van der Waals surface area contributed by atoms with E-state index in [9.17, 15) is 26.3 Å². The van der Waals surface area contributed by atoms with Crippen molar-refractivity contribution in [2.24, 2.45) is 5.73 Å². The fourth-order valence-electron chi connectivity index (χ4n) is 4.03. The lowest BCUT2D eigenvalue weighted by Gasteiger charge is -2.21. The number of nitrogens with one attached hydrogen (secondary N) is 1. The first-order valence-corrected chi connectivity index (χ1v) is 11.1. The van der Waals surface area contributed by atoms with Gasteiger partial charge in [0.15, 0.2) is 5.96 Å². The van der Waals surface area contributed by atoms with Crippen molar-refractivity contribution >= 4 is 12.0 Å². The van der Waals surface area contributed by atoms with Gasteiger partial charge in [-0.15, -0.1) is 0 Å². The molecule has 0 saturated carbocycles. The van der Waals surface area contributed by atoms with Gasteiger partial charge in [-0.05, 0) is 48.7 Å². The Morgan fingerprint density at radius 2 is 1.84 bits per heavy atom. The molecule has 1 aliphatic rings. The molecule has 0 amide bonds. The third-order valence-corrected chi connectivity index (χ3v) is 5.73. The fourth-order valence-corrected chi connectivity index (χ4v) is 4.03. The Balaban J connectivity index is 1.52. The quantitative estimate of drug-likeness (QED) is 0.236. The summed E-state index contributed by atoms with van der Waals surface area (Å²) in [5, 5.41) is 11.4. The highest BCUT2D eigenvalue weighted by Gasteiger charge is 2.36. The lowest BCUT2D eigenvalue weighted by molar-refractivity contribution is -0.139. The van der Waals surface area contributed by atoms with Gasteiger partial charge in [-0.2, -0.15) is 31.3 Å². The highest BCUT2D eigenvalue weighted by atomic mass is 19.4. The number of ether oxygens (including phenoxy) is 1. The zero-order valence-electron chi connectivity index (χ0n) is 19.1. The number of hydrogen-bond acceptors (Lipinski definition) is 5. The van der Waals surface area contributed by atoms with Crippen LogP contribution in [0.5, 0.6) is 5.75 Å². The summed E-state index contributed by atoms with van der Waals surface area (Å²) in [6.45, 7) is 0.127. The van der Waals surface area contributed by atoms with Crippen LogP contribution in [0.15, 0.2) is 53.1 Å². The summed E-state index contributed by atoms with van der Waals surface area (Å²) in [4.78, 5) is 5.77. The number of benzene rings is 2. The number of nitrogens with zero attached hydrogens (tertiary/aromatic N) is 3. The van der Waals surface area contributed by atoms with E-state index in [1.807, 2.05) is 0 Å². The summed E-state index contributed by atoms with van der Waals surface area (Å²) in [6, 6.07) is 7.60. The highest BCUT2D eigenvalue weighted by Crippen LogP contribution is 2.39. The van der Waals surface area contributed by atoms with E-state index in [0.29, 0.717) is 13.0 Å². The van der Waals surface area contributed by atoms with Crippen LogP contribution in [0.3, 0.4) is 0 Å². The Morgan fingerprint density at radius 1 is 1.11 bits per heavy atom. The van der Waals surface area contributed by atoms with E-state index in [4.69, 9.17) is 20.4 Å². The minimum Gasteiger partial charge on any atom is -0.489 e. The van der Waals surface area contributed by atoms with E-state index in [2.05, 4.69) is 10.1 Å². The molecule has 0 bridgehead atoms. The number of rotatable bonds is 6. The number of aromatic nitrogens is 2. The summed E-state index contributed by atoms with van der Waals surface area (Å²) in [5.41, 5.74) is 3.48.